The Morgan fingerprint density at radius 3 is 2.26 bits per heavy atom. The molecule has 13 heteroatoms. The first-order chi connectivity index (χ1) is 21.9. The first kappa shape index (κ1) is 38.2. The lowest BCUT2D eigenvalue weighted by Crippen LogP contribution is -2.64. The topological polar surface area (TPSA) is 192 Å². The molecule has 47 heavy (non-hydrogen) atoms. The van der Waals surface area contributed by atoms with Gasteiger partial charge in [-0.05, 0) is 58.6 Å². The minimum atomic E-state index is -2.61. The summed E-state index contributed by atoms with van der Waals surface area (Å²) in [5, 5.41) is 34.4. The lowest BCUT2D eigenvalue weighted by molar-refractivity contribution is -0.212. The Hall–Kier alpha value is -3.29. The molecule has 2 aliphatic carbocycles. The molecule has 9 atom stereocenters. The van der Waals surface area contributed by atoms with Gasteiger partial charge in [-0.3, -0.25) is 14.4 Å². The van der Waals surface area contributed by atoms with Crippen LogP contribution in [0.4, 0.5) is 0 Å². The highest BCUT2D eigenvalue weighted by Gasteiger charge is 2.76. The Balaban J connectivity index is 2.24. The van der Waals surface area contributed by atoms with Crippen LogP contribution in [-0.2, 0) is 47.7 Å². The second-order valence-electron chi connectivity index (χ2n) is 13.2. The molecule has 3 rings (SSSR count). The number of aliphatic hydroxyl groups excluding tert-OH is 1. The molecule has 2 fully saturated rings. The quantitative estimate of drug-likeness (QED) is 0.0855. The molecule has 1 heterocycles. The van der Waals surface area contributed by atoms with Crippen molar-refractivity contribution in [2.24, 2.45) is 5.92 Å². The molecule has 0 radical (unpaired) electrons. The van der Waals surface area contributed by atoms with Crippen LogP contribution in [0.1, 0.15) is 107 Å². The highest BCUT2D eigenvalue weighted by molar-refractivity contribution is 5.88. The van der Waals surface area contributed by atoms with Gasteiger partial charge in [-0.2, -0.15) is 0 Å². The van der Waals surface area contributed by atoms with E-state index in [0.717, 1.165) is 26.7 Å². The predicted molar refractivity (Wildman–Crippen MR) is 165 cm³/mol. The predicted octanol–water partition coefficient (Wildman–Crippen LogP) is 2.90. The van der Waals surface area contributed by atoms with Gasteiger partial charge in [0.25, 0.3) is 0 Å². The van der Waals surface area contributed by atoms with Crippen LogP contribution in [0.3, 0.4) is 0 Å². The molecule has 0 aromatic carbocycles. The molecule has 3 aliphatic rings. The molecule has 13 nitrogen and oxygen atoms in total. The van der Waals surface area contributed by atoms with Crippen molar-refractivity contribution in [3.8, 4) is 0 Å². The Morgan fingerprint density at radius 1 is 1.02 bits per heavy atom. The summed E-state index contributed by atoms with van der Waals surface area (Å²) in [6, 6.07) is 0. The van der Waals surface area contributed by atoms with E-state index >= 15 is 0 Å². The average Bonchev–Trinajstić information content (AvgIpc) is 3.30. The Bertz CT molecular complexity index is 1300. The molecule has 0 amide bonds. The van der Waals surface area contributed by atoms with E-state index < -0.39 is 89.5 Å². The van der Waals surface area contributed by atoms with Crippen molar-refractivity contribution in [1.82, 2.24) is 0 Å². The van der Waals surface area contributed by atoms with E-state index in [1.807, 2.05) is 6.92 Å². The maximum atomic E-state index is 13.4. The Kier molecular flexibility index (Phi) is 12.1. The fourth-order valence-corrected chi connectivity index (χ4v) is 6.94. The van der Waals surface area contributed by atoms with Crippen LogP contribution in [0.5, 0.6) is 0 Å². The van der Waals surface area contributed by atoms with Crippen LogP contribution >= 0.6 is 0 Å². The molecule has 1 saturated carbocycles. The molecule has 0 aromatic heterocycles. The Morgan fingerprint density at radius 2 is 1.68 bits per heavy atom. The highest BCUT2D eigenvalue weighted by atomic mass is 16.6. The maximum Gasteiger partial charge on any atom is 0.341 e. The van der Waals surface area contributed by atoms with Gasteiger partial charge < -0.3 is 39.0 Å². The van der Waals surface area contributed by atoms with E-state index in [1.165, 1.54) is 26.8 Å². The smallest absolute Gasteiger partial charge is 0.341 e. The first-order valence-electron chi connectivity index (χ1n) is 16.4. The minimum Gasteiger partial charge on any atom is -0.459 e. The summed E-state index contributed by atoms with van der Waals surface area (Å²) >= 11 is 0. The largest absolute Gasteiger partial charge is 0.459 e. The molecule has 264 valence electrons. The monoisotopic (exact) mass is 666 g/mol. The van der Waals surface area contributed by atoms with Crippen molar-refractivity contribution in [3.63, 3.8) is 0 Å². The summed E-state index contributed by atoms with van der Waals surface area (Å²) in [4.78, 5) is 65.2. The molecule has 0 spiro atoms. The normalized spacial score (nSPS) is 34.1. The second kappa shape index (κ2) is 14.9. The molecular formula is C34H50O13. The van der Waals surface area contributed by atoms with Crippen LogP contribution in [0, 0.1) is 5.92 Å². The standard InChI is InChI=1S/C34H50O13/c1-9-12-13-15-21(36)16-24(38)44-28-26-25(19(5)27(28)45-30(39)18(4)11-3)29-34(42,33(8,41)31(40)46-29)22(43-23(37)14-10-2)17-32(26,7)47-20(6)35/h11,21-22,26-29,36,41-42H,9-10,12-17H2,1-8H3/b18-11-/t21-,22-,26+,27-,28-,29-,32-,33+,34+/m0/s1. The summed E-state index contributed by atoms with van der Waals surface area (Å²) < 4.78 is 29.1. The number of carbonyl (C=O) groups excluding carboxylic acids is 5. The van der Waals surface area contributed by atoms with Gasteiger partial charge in [0.15, 0.2) is 29.5 Å². The number of aliphatic hydroxyl groups is 3. The zero-order chi connectivity index (χ0) is 35.5. The number of rotatable bonds is 13. The third-order valence-electron chi connectivity index (χ3n) is 9.57. The van der Waals surface area contributed by atoms with Gasteiger partial charge >= 0.3 is 29.8 Å². The van der Waals surface area contributed by atoms with Crippen molar-refractivity contribution >= 4 is 29.8 Å². The number of hydrogen-bond donors (Lipinski definition) is 3. The van der Waals surface area contributed by atoms with Crippen LogP contribution in [0.15, 0.2) is 22.8 Å². The number of esters is 5. The first-order valence-corrected chi connectivity index (χ1v) is 16.4. The molecule has 1 aliphatic heterocycles. The molecule has 3 N–H and O–H groups in total. The third-order valence-corrected chi connectivity index (χ3v) is 9.57. The van der Waals surface area contributed by atoms with Gasteiger partial charge in [0.05, 0.1) is 18.4 Å². The Labute approximate surface area is 275 Å². The van der Waals surface area contributed by atoms with E-state index in [0.29, 0.717) is 19.3 Å². The van der Waals surface area contributed by atoms with Crippen molar-refractivity contribution in [1.29, 1.82) is 0 Å². The summed E-state index contributed by atoms with van der Waals surface area (Å²) in [6.07, 6.45) is -3.22. The van der Waals surface area contributed by atoms with Gasteiger partial charge in [0.2, 0.25) is 0 Å². The SMILES string of the molecule is C/C=C(/C)C(=O)O[C@H]1C(C)=C2[C@H]([C@@H]1OC(=O)C[C@@H](O)CCCCC)[C@@](C)(OC(C)=O)C[C@H](OC(=O)CCC)[C@@]1(O)[C@H]2OC(=O)[C@@]1(C)O. The van der Waals surface area contributed by atoms with Gasteiger partial charge in [0, 0.05) is 25.3 Å². The highest BCUT2D eigenvalue weighted by Crippen LogP contribution is 2.57. The maximum absolute atomic E-state index is 13.4. The van der Waals surface area contributed by atoms with Gasteiger partial charge in [-0.15, -0.1) is 0 Å². The van der Waals surface area contributed by atoms with Crippen LogP contribution < -0.4 is 0 Å². The van der Waals surface area contributed by atoms with Gasteiger partial charge in [-0.25, -0.2) is 9.59 Å². The fraction of sp³-hybridized carbons (Fsp3) is 0.735. The number of carbonyl (C=O) groups is 5. The van der Waals surface area contributed by atoms with Crippen LogP contribution in [0.25, 0.3) is 0 Å². The zero-order valence-corrected chi connectivity index (χ0v) is 28.6. The lowest BCUT2D eigenvalue weighted by Gasteiger charge is -2.41. The van der Waals surface area contributed by atoms with E-state index in [2.05, 4.69) is 0 Å². The summed E-state index contributed by atoms with van der Waals surface area (Å²) in [7, 11) is 0. The van der Waals surface area contributed by atoms with Crippen molar-refractivity contribution < 1.29 is 63.0 Å². The number of unbranched alkanes of at least 4 members (excludes halogenated alkanes) is 2. The number of allylic oxidation sites excluding steroid dienone is 1. The molecule has 0 bridgehead atoms. The minimum absolute atomic E-state index is 0.0488. The summed E-state index contributed by atoms with van der Waals surface area (Å²) in [5.41, 5.74) is -6.44. The summed E-state index contributed by atoms with van der Waals surface area (Å²) in [6.45, 7) is 12.1. The van der Waals surface area contributed by atoms with Gasteiger partial charge in [0.1, 0.15) is 11.7 Å². The molecular weight excluding hydrogens is 616 g/mol. The average molecular weight is 667 g/mol. The van der Waals surface area contributed by atoms with E-state index in [4.69, 9.17) is 23.7 Å². The number of hydrogen-bond acceptors (Lipinski definition) is 13. The van der Waals surface area contributed by atoms with Crippen molar-refractivity contribution in [3.05, 3.63) is 22.8 Å². The van der Waals surface area contributed by atoms with Crippen LogP contribution in [0.2, 0.25) is 0 Å². The van der Waals surface area contributed by atoms with E-state index in [1.54, 1.807) is 13.8 Å². The number of fused-ring (bicyclic) bond motifs is 3. The summed E-state index contributed by atoms with van der Waals surface area (Å²) in [5.74, 6) is -5.53. The van der Waals surface area contributed by atoms with E-state index in [9.17, 15) is 39.3 Å². The van der Waals surface area contributed by atoms with Crippen molar-refractivity contribution in [2.45, 2.75) is 154 Å². The van der Waals surface area contributed by atoms with Crippen molar-refractivity contribution in [2.75, 3.05) is 0 Å². The van der Waals surface area contributed by atoms with Crippen LogP contribution in [-0.4, -0.2) is 92.5 Å². The molecule has 0 unspecified atom stereocenters. The fourth-order valence-electron chi connectivity index (χ4n) is 6.94. The second-order valence-corrected chi connectivity index (χ2v) is 13.2. The lowest BCUT2D eigenvalue weighted by atomic mass is 9.75. The van der Waals surface area contributed by atoms with E-state index in [-0.39, 0.29) is 29.6 Å². The molecule has 1 saturated heterocycles. The number of ether oxygens (including phenoxy) is 5. The molecule has 0 aromatic rings. The third kappa shape index (κ3) is 7.41. The zero-order valence-electron chi connectivity index (χ0n) is 28.6. The van der Waals surface area contributed by atoms with Gasteiger partial charge in [-0.1, -0.05) is 39.2 Å².